The van der Waals surface area contributed by atoms with Crippen LogP contribution in [0, 0.1) is 0 Å². The lowest BCUT2D eigenvalue weighted by Crippen LogP contribution is -2.48. The first-order chi connectivity index (χ1) is 14.4. The number of amides is 1. The van der Waals surface area contributed by atoms with Crippen LogP contribution in [0.3, 0.4) is 0 Å². The number of rotatable bonds is 6. The molecule has 0 atom stereocenters. The van der Waals surface area contributed by atoms with Crippen LogP contribution in [0.2, 0.25) is 0 Å². The van der Waals surface area contributed by atoms with Gasteiger partial charge in [-0.05, 0) is 35.7 Å². The van der Waals surface area contributed by atoms with Gasteiger partial charge < -0.3 is 5.32 Å². The van der Waals surface area contributed by atoms with Crippen molar-refractivity contribution in [2.75, 3.05) is 31.5 Å². The fourth-order valence-corrected chi connectivity index (χ4v) is 6.26. The lowest BCUT2D eigenvalue weighted by Gasteiger charge is -2.33. The van der Waals surface area contributed by atoms with Crippen LogP contribution in [-0.4, -0.2) is 54.7 Å². The van der Waals surface area contributed by atoms with Crippen molar-refractivity contribution in [2.45, 2.75) is 18.4 Å². The summed E-state index contributed by atoms with van der Waals surface area (Å²) in [5.41, 5.74) is 2.75. The first-order valence-electron chi connectivity index (χ1n) is 9.49. The summed E-state index contributed by atoms with van der Waals surface area (Å²) >= 11 is 3.30. The number of thiazole rings is 1. The summed E-state index contributed by atoms with van der Waals surface area (Å²) in [6.45, 7) is 4.34. The molecule has 3 aromatic rings. The monoisotopic (exact) mass is 462 g/mol. The number of nitrogens with one attached hydrogen (secondary N) is 1. The van der Waals surface area contributed by atoms with Crippen LogP contribution in [0.1, 0.15) is 12.6 Å². The molecule has 158 valence electrons. The quantitative estimate of drug-likeness (QED) is 0.608. The standard InChI is InChI=1S/C20H22N4O3S3/c1-15(25)21-17-2-4-19(5-3-17)30(26,27)24-9-7-23(8-10-24)12-18-14-29-20(22-18)16-6-11-28-13-16/h2-6,11,13-14H,7-10,12H2,1H3,(H,21,25). The van der Waals surface area contributed by atoms with Gasteiger partial charge in [0.25, 0.3) is 0 Å². The van der Waals surface area contributed by atoms with Crippen molar-refractivity contribution in [1.82, 2.24) is 14.2 Å². The van der Waals surface area contributed by atoms with E-state index in [0.29, 0.717) is 31.9 Å². The number of piperazine rings is 1. The Kier molecular flexibility index (Phi) is 6.30. The van der Waals surface area contributed by atoms with Gasteiger partial charge in [-0.2, -0.15) is 15.6 Å². The highest BCUT2D eigenvalue weighted by atomic mass is 32.2. The minimum atomic E-state index is -3.55. The van der Waals surface area contributed by atoms with E-state index in [4.69, 9.17) is 4.98 Å². The number of aromatic nitrogens is 1. The summed E-state index contributed by atoms with van der Waals surface area (Å²) in [6, 6.07) is 8.36. The third kappa shape index (κ3) is 4.79. The Morgan fingerprint density at radius 2 is 1.83 bits per heavy atom. The van der Waals surface area contributed by atoms with E-state index < -0.39 is 10.0 Å². The predicted octanol–water partition coefficient (Wildman–Crippen LogP) is 3.34. The van der Waals surface area contributed by atoms with Crippen molar-refractivity contribution in [1.29, 1.82) is 0 Å². The highest BCUT2D eigenvalue weighted by molar-refractivity contribution is 7.89. The van der Waals surface area contributed by atoms with E-state index in [0.717, 1.165) is 22.8 Å². The first kappa shape index (κ1) is 21.1. The van der Waals surface area contributed by atoms with Crippen molar-refractivity contribution in [3.63, 3.8) is 0 Å². The second-order valence-electron chi connectivity index (χ2n) is 7.04. The van der Waals surface area contributed by atoms with E-state index in [1.807, 2.05) is 5.38 Å². The summed E-state index contributed by atoms with van der Waals surface area (Å²) in [5, 5.41) is 9.88. The van der Waals surface area contributed by atoms with Crippen molar-refractivity contribution < 1.29 is 13.2 Å². The van der Waals surface area contributed by atoms with Crippen LogP contribution in [-0.2, 0) is 21.4 Å². The molecule has 30 heavy (non-hydrogen) atoms. The molecule has 1 N–H and O–H groups in total. The lowest BCUT2D eigenvalue weighted by atomic mass is 10.3. The van der Waals surface area contributed by atoms with E-state index in [-0.39, 0.29) is 10.8 Å². The molecule has 0 bridgehead atoms. The number of anilines is 1. The third-order valence-corrected chi connectivity index (χ3v) is 8.39. The van der Waals surface area contributed by atoms with Gasteiger partial charge in [0.2, 0.25) is 15.9 Å². The molecule has 10 heteroatoms. The number of benzene rings is 1. The number of nitrogens with zero attached hydrogens (tertiary/aromatic N) is 3. The minimum Gasteiger partial charge on any atom is -0.326 e. The molecule has 0 unspecified atom stereocenters. The Bertz CT molecular complexity index is 1100. The van der Waals surface area contributed by atoms with Gasteiger partial charge in [-0.3, -0.25) is 9.69 Å². The number of hydrogen-bond donors (Lipinski definition) is 1. The lowest BCUT2D eigenvalue weighted by molar-refractivity contribution is -0.114. The Hall–Kier alpha value is -2.11. The fourth-order valence-electron chi connectivity index (χ4n) is 3.32. The van der Waals surface area contributed by atoms with Crippen molar-refractivity contribution >= 4 is 44.3 Å². The maximum atomic E-state index is 12.9. The zero-order valence-corrected chi connectivity index (χ0v) is 18.9. The Balaban J connectivity index is 1.35. The molecule has 2 aromatic heterocycles. The smallest absolute Gasteiger partial charge is 0.243 e. The second kappa shape index (κ2) is 8.94. The van der Waals surface area contributed by atoms with Gasteiger partial charge in [-0.15, -0.1) is 11.3 Å². The Morgan fingerprint density at radius 1 is 1.10 bits per heavy atom. The molecule has 1 amide bonds. The van der Waals surface area contributed by atoms with Crippen LogP contribution in [0.4, 0.5) is 5.69 Å². The SMILES string of the molecule is CC(=O)Nc1ccc(S(=O)(=O)N2CCN(Cc3csc(-c4ccsc4)n3)CC2)cc1. The van der Waals surface area contributed by atoms with E-state index in [1.54, 1.807) is 34.8 Å². The van der Waals surface area contributed by atoms with Gasteiger partial charge in [0.15, 0.2) is 0 Å². The Labute approximate surface area is 184 Å². The largest absolute Gasteiger partial charge is 0.326 e. The highest BCUT2D eigenvalue weighted by Crippen LogP contribution is 2.26. The van der Waals surface area contributed by atoms with Crippen molar-refractivity contribution in [3.8, 4) is 10.6 Å². The molecule has 1 aliphatic rings. The average molecular weight is 463 g/mol. The molecule has 0 spiro atoms. The number of carbonyl (C=O) groups is 1. The van der Waals surface area contributed by atoms with Crippen molar-refractivity contribution in [2.24, 2.45) is 0 Å². The van der Waals surface area contributed by atoms with Gasteiger partial charge >= 0.3 is 0 Å². The Morgan fingerprint density at radius 3 is 2.47 bits per heavy atom. The first-order valence-corrected chi connectivity index (χ1v) is 12.8. The molecule has 0 saturated carbocycles. The molecule has 0 aliphatic carbocycles. The van der Waals surface area contributed by atoms with Gasteiger partial charge in [0, 0.05) is 61.7 Å². The van der Waals surface area contributed by atoms with E-state index >= 15 is 0 Å². The molecular formula is C20H22N4O3S3. The maximum absolute atomic E-state index is 12.9. The van der Waals surface area contributed by atoms with Gasteiger partial charge in [0.05, 0.1) is 10.6 Å². The summed E-state index contributed by atoms with van der Waals surface area (Å²) in [5.74, 6) is -0.190. The highest BCUT2D eigenvalue weighted by Gasteiger charge is 2.28. The molecule has 1 fully saturated rings. The summed E-state index contributed by atoms with van der Waals surface area (Å²) in [7, 11) is -3.55. The third-order valence-electron chi connectivity index (χ3n) is 4.85. The number of carbonyl (C=O) groups excluding carboxylic acids is 1. The van der Waals surface area contributed by atoms with Crippen LogP contribution in [0.5, 0.6) is 0 Å². The molecule has 1 aliphatic heterocycles. The maximum Gasteiger partial charge on any atom is 0.243 e. The van der Waals surface area contributed by atoms with Crippen molar-refractivity contribution in [3.05, 3.63) is 52.2 Å². The number of thiophene rings is 1. The van der Waals surface area contributed by atoms with Crippen LogP contribution in [0.25, 0.3) is 10.6 Å². The molecular weight excluding hydrogens is 440 g/mol. The molecule has 1 aromatic carbocycles. The summed E-state index contributed by atoms with van der Waals surface area (Å²) in [4.78, 5) is 18.3. The summed E-state index contributed by atoms with van der Waals surface area (Å²) < 4.78 is 27.4. The molecule has 1 saturated heterocycles. The van der Waals surface area contributed by atoms with Crippen LogP contribution < -0.4 is 5.32 Å². The topological polar surface area (TPSA) is 82.6 Å². The average Bonchev–Trinajstić information content (AvgIpc) is 3.40. The number of hydrogen-bond acceptors (Lipinski definition) is 7. The fraction of sp³-hybridized carbons (Fsp3) is 0.300. The predicted molar refractivity (Wildman–Crippen MR) is 120 cm³/mol. The van der Waals surface area contributed by atoms with E-state index in [9.17, 15) is 13.2 Å². The van der Waals surface area contributed by atoms with Crippen LogP contribution >= 0.6 is 22.7 Å². The molecule has 4 rings (SSSR count). The van der Waals surface area contributed by atoms with E-state index in [2.05, 4.69) is 27.0 Å². The summed E-state index contributed by atoms with van der Waals surface area (Å²) in [6.07, 6.45) is 0. The van der Waals surface area contributed by atoms with Crippen LogP contribution in [0.15, 0.2) is 51.4 Å². The molecule has 0 radical (unpaired) electrons. The zero-order valence-electron chi connectivity index (χ0n) is 16.4. The normalized spacial score (nSPS) is 15.9. The van der Waals surface area contributed by atoms with Gasteiger partial charge in [-0.1, -0.05) is 0 Å². The second-order valence-corrected chi connectivity index (χ2v) is 10.6. The molecule has 3 heterocycles. The van der Waals surface area contributed by atoms with E-state index in [1.165, 1.54) is 23.4 Å². The molecule has 7 nitrogen and oxygen atoms in total. The zero-order chi connectivity index (χ0) is 21.1. The number of sulfonamides is 1. The van der Waals surface area contributed by atoms with Gasteiger partial charge in [-0.25, -0.2) is 13.4 Å². The minimum absolute atomic E-state index is 0.190. The van der Waals surface area contributed by atoms with Gasteiger partial charge in [0.1, 0.15) is 5.01 Å².